The fourth-order valence-corrected chi connectivity index (χ4v) is 8.24. The highest BCUT2D eigenvalue weighted by Gasteiger charge is 2.36. The van der Waals surface area contributed by atoms with Crippen LogP contribution >= 0.6 is 0 Å². The van der Waals surface area contributed by atoms with Gasteiger partial charge in [0.25, 0.3) is 0 Å². The predicted molar refractivity (Wildman–Crippen MR) is 232 cm³/mol. The minimum absolute atomic E-state index is 0.268. The summed E-state index contributed by atoms with van der Waals surface area (Å²) in [6.07, 6.45) is 1.96. The monoisotopic (exact) mass is 728 g/mol. The van der Waals surface area contributed by atoms with E-state index in [9.17, 15) is 5.26 Å². The van der Waals surface area contributed by atoms with Crippen molar-refractivity contribution in [2.45, 2.75) is 19.3 Å². The van der Waals surface area contributed by atoms with Gasteiger partial charge in [0.2, 0.25) is 0 Å². The van der Waals surface area contributed by atoms with Gasteiger partial charge < -0.3 is 0 Å². The van der Waals surface area contributed by atoms with E-state index in [1.807, 2.05) is 48.7 Å². The summed E-state index contributed by atoms with van der Waals surface area (Å²) in [4.78, 5) is 15.4. The van der Waals surface area contributed by atoms with Gasteiger partial charge in [-0.3, -0.25) is 4.98 Å². The maximum Gasteiger partial charge on any atom is 0.160 e. The number of benzene rings is 7. The molecule has 0 bridgehead atoms. The van der Waals surface area contributed by atoms with Crippen LogP contribution in [0.5, 0.6) is 0 Å². The number of hydrogen-bond donors (Lipinski definition) is 0. The van der Waals surface area contributed by atoms with E-state index >= 15 is 0 Å². The van der Waals surface area contributed by atoms with E-state index in [-0.39, 0.29) is 5.41 Å². The molecule has 4 nitrogen and oxygen atoms in total. The number of pyridine rings is 1. The van der Waals surface area contributed by atoms with Crippen molar-refractivity contribution in [3.8, 4) is 84.6 Å². The average Bonchev–Trinajstić information content (AvgIpc) is 3.51. The van der Waals surface area contributed by atoms with Crippen LogP contribution in [0.15, 0.2) is 182 Å². The first-order valence-corrected chi connectivity index (χ1v) is 19.2. The Morgan fingerprint density at radius 1 is 0.421 bits per heavy atom. The van der Waals surface area contributed by atoms with Gasteiger partial charge in [0.05, 0.1) is 28.7 Å². The molecule has 7 aromatic carbocycles. The first-order valence-electron chi connectivity index (χ1n) is 19.2. The lowest BCUT2D eigenvalue weighted by Gasteiger charge is -2.22. The molecule has 0 N–H and O–H groups in total. The molecule has 0 amide bonds. The molecule has 10 rings (SSSR count). The summed E-state index contributed by atoms with van der Waals surface area (Å²) in [5.74, 6) is 0.666. The minimum Gasteiger partial charge on any atom is -0.256 e. The van der Waals surface area contributed by atoms with Crippen LogP contribution < -0.4 is 0 Å². The summed E-state index contributed by atoms with van der Waals surface area (Å²) in [6, 6.07) is 63.7. The van der Waals surface area contributed by atoms with Crippen molar-refractivity contribution in [1.82, 2.24) is 15.0 Å². The molecule has 57 heavy (non-hydrogen) atoms. The van der Waals surface area contributed by atoms with Crippen LogP contribution in [0.3, 0.4) is 0 Å². The van der Waals surface area contributed by atoms with Crippen LogP contribution in [0.4, 0.5) is 0 Å². The molecule has 2 aromatic heterocycles. The molecule has 0 unspecified atom stereocenters. The van der Waals surface area contributed by atoms with E-state index in [0.717, 1.165) is 66.8 Å². The molecule has 9 aromatic rings. The van der Waals surface area contributed by atoms with Crippen molar-refractivity contribution in [2.75, 3.05) is 0 Å². The molecule has 0 spiro atoms. The second-order valence-corrected chi connectivity index (χ2v) is 15.2. The highest BCUT2D eigenvalue weighted by atomic mass is 14.9. The van der Waals surface area contributed by atoms with Gasteiger partial charge in [-0.05, 0) is 98.4 Å². The van der Waals surface area contributed by atoms with Crippen molar-refractivity contribution in [2.24, 2.45) is 0 Å². The smallest absolute Gasteiger partial charge is 0.160 e. The maximum absolute atomic E-state index is 9.70. The molecule has 1 aliphatic rings. The van der Waals surface area contributed by atoms with E-state index in [1.165, 1.54) is 27.8 Å². The van der Waals surface area contributed by atoms with Crippen molar-refractivity contribution in [3.63, 3.8) is 0 Å². The Kier molecular flexibility index (Phi) is 8.17. The van der Waals surface area contributed by atoms with Crippen LogP contribution in [0.1, 0.15) is 30.5 Å². The van der Waals surface area contributed by atoms with Gasteiger partial charge in [-0.2, -0.15) is 5.26 Å². The van der Waals surface area contributed by atoms with Crippen LogP contribution in [-0.2, 0) is 5.41 Å². The lowest BCUT2D eigenvalue weighted by molar-refractivity contribution is 0.660. The number of rotatable bonds is 6. The van der Waals surface area contributed by atoms with Crippen molar-refractivity contribution < 1.29 is 0 Å². The molecule has 0 saturated heterocycles. The Hall–Kier alpha value is -7.48. The van der Waals surface area contributed by atoms with Gasteiger partial charge in [-0.15, -0.1) is 0 Å². The number of nitrogens with zero attached hydrogens (tertiary/aromatic N) is 4. The number of nitriles is 1. The third kappa shape index (κ3) is 6.16. The summed E-state index contributed by atoms with van der Waals surface area (Å²) >= 11 is 0. The van der Waals surface area contributed by atoms with Crippen molar-refractivity contribution in [3.05, 3.63) is 199 Å². The molecule has 0 atom stereocenters. The van der Waals surface area contributed by atoms with Gasteiger partial charge in [-0.25, -0.2) is 9.97 Å². The van der Waals surface area contributed by atoms with Crippen LogP contribution in [0, 0.1) is 11.3 Å². The van der Waals surface area contributed by atoms with Gasteiger partial charge >= 0.3 is 0 Å². The van der Waals surface area contributed by atoms with Gasteiger partial charge in [-0.1, -0.05) is 141 Å². The van der Waals surface area contributed by atoms with Crippen LogP contribution in [0.25, 0.3) is 89.3 Å². The first-order chi connectivity index (χ1) is 27.9. The second-order valence-electron chi connectivity index (χ2n) is 15.2. The summed E-state index contributed by atoms with van der Waals surface area (Å²) in [7, 11) is 0. The molecule has 268 valence electrons. The third-order valence-corrected chi connectivity index (χ3v) is 11.3. The number of fused-ring (bicyclic) bond motifs is 4. The summed E-state index contributed by atoms with van der Waals surface area (Å²) in [5.41, 5.74) is 16.3. The SMILES string of the molecule is CC1(C)c2cc(C#N)ccc2-c2ccc(-c3cc(-c4cc5ccccc5cn4)cc(-c4cc(-c5ccc(-c6ccccc6)cc5)nc(-c5ccccc5)n4)c3)cc21. The molecule has 2 heterocycles. The van der Waals surface area contributed by atoms with Crippen LogP contribution in [-0.4, -0.2) is 15.0 Å². The Labute approximate surface area is 332 Å². The normalized spacial score (nSPS) is 12.5. The van der Waals surface area contributed by atoms with Crippen LogP contribution in [0.2, 0.25) is 0 Å². The fourth-order valence-electron chi connectivity index (χ4n) is 8.24. The van der Waals surface area contributed by atoms with E-state index in [4.69, 9.17) is 15.0 Å². The molecular formula is C53H36N4. The summed E-state index contributed by atoms with van der Waals surface area (Å²) in [5, 5.41) is 11.9. The molecule has 0 aliphatic heterocycles. The standard InChI is InChI=1S/C53H36N4/c1-53(2)47-25-34(32-54)17-23-45(47)46-24-22-40(29-48(46)53)42-26-43(49-30-39-15-9-10-16-41(39)33-55-49)28-44(27-42)51-31-50(56-52(57-51)38-13-7-4-8-14-38)37-20-18-36(19-21-37)35-11-5-3-6-12-35/h3-31,33H,1-2H3. The predicted octanol–water partition coefficient (Wildman–Crippen LogP) is 13.2. The largest absolute Gasteiger partial charge is 0.256 e. The van der Waals surface area contributed by atoms with Gasteiger partial charge in [0, 0.05) is 39.3 Å². The highest BCUT2D eigenvalue weighted by molar-refractivity contribution is 5.89. The Morgan fingerprint density at radius 3 is 1.68 bits per heavy atom. The lowest BCUT2D eigenvalue weighted by Crippen LogP contribution is -2.15. The zero-order valence-electron chi connectivity index (χ0n) is 31.6. The molecule has 4 heteroatoms. The second kappa shape index (κ2) is 13.7. The number of aromatic nitrogens is 3. The highest BCUT2D eigenvalue weighted by Crippen LogP contribution is 2.50. The average molecular weight is 729 g/mol. The zero-order chi connectivity index (χ0) is 38.5. The van der Waals surface area contributed by atoms with E-state index in [2.05, 4.69) is 153 Å². The van der Waals surface area contributed by atoms with E-state index in [0.29, 0.717) is 11.4 Å². The quantitative estimate of drug-likeness (QED) is 0.171. The Morgan fingerprint density at radius 2 is 0.965 bits per heavy atom. The molecule has 1 aliphatic carbocycles. The van der Waals surface area contributed by atoms with E-state index in [1.54, 1.807) is 0 Å². The minimum atomic E-state index is -0.268. The van der Waals surface area contributed by atoms with Gasteiger partial charge in [0.15, 0.2) is 5.82 Å². The Balaban J connectivity index is 1.15. The summed E-state index contributed by atoms with van der Waals surface area (Å²) < 4.78 is 0. The molecule has 0 saturated carbocycles. The molecule has 0 radical (unpaired) electrons. The lowest BCUT2D eigenvalue weighted by atomic mass is 9.81. The van der Waals surface area contributed by atoms with E-state index < -0.39 is 0 Å². The molecular weight excluding hydrogens is 693 g/mol. The fraction of sp³-hybridized carbons (Fsp3) is 0.0566. The number of hydrogen-bond acceptors (Lipinski definition) is 4. The van der Waals surface area contributed by atoms with Gasteiger partial charge in [0.1, 0.15) is 0 Å². The zero-order valence-corrected chi connectivity index (χ0v) is 31.6. The topological polar surface area (TPSA) is 62.5 Å². The maximum atomic E-state index is 9.70. The van der Waals surface area contributed by atoms with Crippen molar-refractivity contribution in [1.29, 1.82) is 5.26 Å². The third-order valence-electron chi connectivity index (χ3n) is 11.3. The first kappa shape index (κ1) is 34.0. The summed E-state index contributed by atoms with van der Waals surface area (Å²) in [6.45, 7) is 4.51. The van der Waals surface area contributed by atoms with Crippen molar-refractivity contribution >= 4 is 10.8 Å². The molecule has 0 fully saturated rings. The Bertz CT molecular complexity index is 3030.